The zero-order valence-electron chi connectivity index (χ0n) is 22.1. The van der Waals surface area contributed by atoms with Crippen molar-refractivity contribution in [3.8, 4) is 0 Å². The number of nitrogens with zero attached hydrogens (tertiary/aromatic N) is 3. The molecule has 8 heteroatoms. The van der Waals surface area contributed by atoms with Crippen LogP contribution in [-0.4, -0.2) is 48.1 Å². The topological polar surface area (TPSA) is 107 Å². The first-order valence-corrected chi connectivity index (χ1v) is 12.8. The summed E-state index contributed by atoms with van der Waals surface area (Å²) in [5, 5.41) is 11.5. The van der Waals surface area contributed by atoms with Crippen molar-refractivity contribution in [2.75, 3.05) is 0 Å². The second-order valence-electron chi connectivity index (χ2n) is 11.7. The maximum absolute atomic E-state index is 14.2. The van der Waals surface area contributed by atoms with E-state index in [-0.39, 0.29) is 35.1 Å². The lowest BCUT2D eigenvalue weighted by Gasteiger charge is -2.41. The van der Waals surface area contributed by atoms with Gasteiger partial charge in [-0.15, -0.1) is 0 Å². The van der Waals surface area contributed by atoms with Crippen molar-refractivity contribution in [2.45, 2.75) is 90.9 Å². The van der Waals surface area contributed by atoms with Crippen LogP contribution in [0.5, 0.6) is 0 Å². The second kappa shape index (κ2) is 8.69. The number of carbonyl (C=O) groups excluding carboxylic acids is 1. The smallest absolute Gasteiger partial charge is 0.255 e. The van der Waals surface area contributed by atoms with Gasteiger partial charge in [-0.2, -0.15) is 5.10 Å². The maximum atomic E-state index is 14.2. The average molecular weight is 489 g/mol. The van der Waals surface area contributed by atoms with Gasteiger partial charge in [-0.25, -0.2) is 4.98 Å². The van der Waals surface area contributed by atoms with Crippen LogP contribution < -0.4 is 10.9 Å². The highest BCUT2D eigenvalue weighted by Crippen LogP contribution is 2.35. The monoisotopic (exact) mass is 488 g/mol. The van der Waals surface area contributed by atoms with Gasteiger partial charge in [0.05, 0.1) is 29.4 Å². The van der Waals surface area contributed by atoms with Gasteiger partial charge in [-0.1, -0.05) is 6.08 Å². The molecule has 36 heavy (non-hydrogen) atoms. The highest BCUT2D eigenvalue weighted by atomic mass is 16.2. The Bertz CT molecular complexity index is 1420. The SMILES string of the molecule is Cc1cc(C)c(CN(C(=O)c2cc(C3=CC(C)(C)NC(C)(C)C3)nc3[nH]ncc23)C2CCC2)c(=O)[nH]1. The predicted octanol–water partition coefficient (Wildman–Crippen LogP) is 4.39. The van der Waals surface area contributed by atoms with Crippen LogP contribution in [0.4, 0.5) is 0 Å². The quantitative estimate of drug-likeness (QED) is 0.494. The van der Waals surface area contributed by atoms with Crippen LogP contribution in [0, 0.1) is 13.8 Å². The molecule has 1 saturated carbocycles. The van der Waals surface area contributed by atoms with E-state index in [1.54, 1.807) is 6.20 Å². The van der Waals surface area contributed by atoms with Crippen molar-refractivity contribution in [3.63, 3.8) is 0 Å². The number of amides is 1. The minimum absolute atomic E-state index is 0.0813. The van der Waals surface area contributed by atoms with Crippen molar-refractivity contribution in [1.29, 1.82) is 0 Å². The van der Waals surface area contributed by atoms with Crippen LogP contribution in [-0.2, 0) is 6.54 Å². The van der Waals surface area contributed by atoms with Crippen molar-refractivity contribution in [3.05, 3.63) is 62.8 Å². The molecule has 2 aliphatic rings. The normalized spacial score (nSPS) is 19.1. The number of hydrogen-bond donors (Lipinski definition) is 3. The summed E-state index contributed by atoms with van der Waals surface area (Å²) in [6.07, 6.45) is 7.65. The number of nitrogens with one attached hydrogen (secondary N) is 3. The zero-order chi connectivity index (χ0) is 25.8. The summed E-state index contributed by atoms with van der Waals surface area (Å²) in [4.78, 5) is 36.6. The first-order chi connectivity index (χ1) is 16.9. The lowest BCUT2D eigenvalue weighted by molar-refractivity contribution is 0.0557. The fourth-order valence-corrected chi connectivity index (χ4v) is 5.82. The lowest BCUT2D eigenvalue weighted by Crippen LogP contribution is -2.53. The lowest BCUT2D eigenvalue weighted by atomic mass is 9.82. The summed E-state index contributed by atoms with van der Waals surface area (Å²) in [5.74, 6) is -0.0813. The Morgan fingerprint density at radius 1 is 1.17 bits per heavy atom. The van der Waals surface area contributed by atoms with Crippen molar-refractivity contribution in [2.24, 2.45) is 0 Å². The molecule has 3 N–H and O–H groups in total. The van der Waals surface area contributed by atoms with E-state index in [9.17, 15) is 9.59 Å². The van der Waals surface area contributed by atoms with Gasteiger partial charge in [-0.3, -0.25) is 14.7 Å². The molecule has 4 heterocycles. The van der Waals surface area contributed by atoms with E-state index < -0.39 is 0 Å². The molecule has 0 aromatic carbocycles. The van der Waals surface area contributed by atoms with Crippen molar-refractivity contribution < 1.29 is 4.79 Å². The Morgan fingerprint density at radius 2 is 1.92 bits per heavy atom. The third kappa shape index (κ3) is 4.62. The predicted molar refractivity (Wildman–Crippen MR) is 142 cm³/mol. The molecule has 0 saturated heterocycles. The number of aromatic amines is 2. The highest BCUT2D eigenvalue weighted by Gasteiger charge is 2.35. The Kier molecular flexibility index (Phi) is 5.90. The van der Waals surface area contributed by atoms with E-state index in [1.807, 2.05) is 30.9 Å². The molecule has 0 unspecified atom stereocenters. The molecule has 8 nitrogen and oxygen atoms in total. The number of H-pyrrole nitrogens is 2. The summed E-state index contributed by atoms with van der Waals surface area (Å²) in [7, 11) is 0. The molecule has 1 fully saturated rings. The van der Waals surface area contributed by atoms with Gasteiger partial charge in [0.25, 0.3) is 11.5 Å². The molecule has 0 radical (unpaired) electrons. The molecule has 0 bridgehead atoms. The number of hydrogen-bond acceptors (Lipinski definition) is 5. The molecule has 1 aliphatic carbocycles. The summed E-state index contributed by atoms with van der Waals surface area (Å²) >= 11 is 0. The number of pyridine rings is 2. The summed E-state index contributed by atoms with van der Waals surface area (Å²) in [6, 6.07) is 4.00. The second-order valence-corrected chi connectivity index (χ2v) is 11.7. The Balaban J connectivity index is 1.58. The first-order valence-electron chi connectivity index (χ1n) is 12.8. The Hall–Kier alpha value is -3.26. The van der Waals surface area contributed by atoms with E-state index >= 15 is 0 Å². The third-order valence-electron chi connectivity index (χ3n) is 7.41. The highest BCUT2D eigenvalue weighted by molar-refractivity contribution is 6.06. The number of fused-ring (bicyclic) bond motifs is 1. The van der Waals surface area contributed by atoms with Crippen LogP contribution in [0.25, 0.3) is 16.6 Å². The van der Waals surface area contributed by atoms with E-state index in [2.05, 4.69) is 54.3 Å². The van der Waals surface area contributed by atoms with Gasteiger partial charge in [-0.05, 0) is 90.5 Å². The van der Waals surface area contributed by atoms with Crippen LogP contribution in [0.2, 0.25) is 0 Å². The Labute approximate surface area is 211 Å². The summed E-state index contributed by atoms with van der Waals surface area (Å²) in [5.41, 5.74) is 5.00. The molecule has 1 amide bonds. The molecule has 0 spiro atoms. The van der Waals surface area contributed by atoms with Crippen LogP contribution >= 0.6 is 0 Å². The van der Waals surface area contributed by atoms with E-state index in [1.165, 1.54) is 0 Å². The number of aromatic nitrogens is 4. The molecule has 190 valence electrons. The van der Waals surface area contributed by atoms with Crippen molar-refractivity contribution in [1.82, 2.24) is 30.4 Å². The third-order valence-corrected chi connectivity index (χ3v) is 7.41. The van der Waals surface area contributed by atoms with E-state index in [4.69, 9.17) is 4.98 Å². The molecule has 0 atom stereocenters. The molecule has 3 aromatic heterocycles. The molecular weight excluding hydrogens is 452 g/mol. The molecule has 3 aromatic rings. The maximum Gasteiger partial charge on any atom is 0.255 e. The molecular formula is C28H36N6O2. The van der Waals surface area contributed by atoms with Gasteiger partial charge < -0.3 is 15.2 Å². The number of rotatable bonds is 5. The number of carbonyl (C=O) groups is 1. The van der Waals surface area contributed by atoms with Gasteiger partial charge in [0, 0.05) is 28.4 Å². The first kappa shape index (κ1) is 24.4. The van der Waals surface area contributed by atoms with Crippen LogP contribution in [0.3, 0.4) is 0 Å². The average Bonchev–Trinajstić information content (AvgIpc) is 3.19. The summed E-state index contributed by atoms with van der Waals surface area (Å²) in [6.45, 7) is 12.8. The fourth-order valence-electron chi connectivity index (χ4n) is 5.82. The van der Waals surface area contributed by atoms with Crippen molar-refractivity contribution >= 4 is 22.5 Å². The fraction of sp³-hybridized carbons (Fsp3) is 0.500. The zero-order valence-corrected chi connectivity index (χ0v) is 22.1. The standard InChI is InChI=1S/C28H36N6O2/c1-16-10-17(2)30-25(35)22(16)15-34(19-8-7-9-19)26(36)20-11-23(31-24-21(20)14-29-32-24)18-12-27(3,4)33-28(5,6)13-18/h10-12,14,19,33H,7-9,13,15H2,1-6H3,(H,30,35)(H,29,31,32). The summed E-state index contributed by atoms with van der Waals surface area (Å²) < 4.78 is 0. The molecule has 5 rings (SSSR count). The van der Waals surface area contributed by atoms with E-state index in [0.717, 1.165) is 48.2 Å². The van der Waals surface area contributed by atoms with Crippen LogP contribution in [0.15, 0.2) is 29.2 Å². The van der Waals surface area contributed by atoms with Gasteiger partial charge in [0.1, 0.15) is 0 Å². The van der Waals surface area contributed by atoms with Gasteiger partial charge in [0.15, 0.2) is 5.65 Å². The molecule has 1 aliphatic heterocycles. The largest absolute Gasteiger partial charge is 0.331 e. The van der Waals surface area contributed by atoms with E-state index in [0.29, 0.717) is 22.2 Å². The number of aryl methyl sites for hydroxylation is 2. The van der Waals surface area contributed by atoms with Gasteiger partial charge in [0.2, 0.25) is 0 Å². The van der Waals surface area contributed by atoms with Crippen LogP contribution in [0.1, 0.15) is 86.3 Å². The minimum Gasteiger partial charge on any atom is -0.331 e. The van der Waals surface area contributed by atoms with Gasteiger partial charge >= 0.3 is 0 Å². The minimum atomic E-state index is -0.201. The Morgan fingerprint density at radius 3 is 2.56 bits per heavy atom.